The Bertz CT molecular complexity index is 621. The smallest absolute Gasteiger partial charge is 0.126 e. The quantitative estimate of drug-likeness (QED) is 0.852. The van der Waals surface area contributed by atoms with E-state index in [9.17, 15) is 8.78 Å². The molecule has 0 unspecified atom stereocenters. The van der Waals surface area contributed by atoms with Gasteiger partial charge in [-0.15, -0.1) is 0 Å². The summed E-state index contributed by atoms with van der Waals surface area (Å²) in [7, 11) is 1.82. The van der Waals surface area contributed by atoms with Gasteiger partial charge in [-0.3, -0.25) is 0 Å². The molecular formula is C15H15F2N3. The van der Waals surface area contributed by atoms with Crippen LogP contribution in [0, 0.1) is 23.0 Å². The average molecular weight is 275 g/mol. The normalized spacial score (nSPS) is 10.5. The van der Waals surface area contributed by atoms with Gasteiger partial charge < -0.3 is 9.88 Å². The van der Waals surface area contributed by atoms with E-state index in [0.717, 1.165) is 11.6 Å². The van der Waals surface area contributed by atoms with Gasteiger partial charge in [0.2, 0.25) is 0 Å². The summed E-state index contributed by atoms with van der Waals surface area (Å²) in [6, 6.07) is 7.44. The summed E-state index contributed by atoms with van der Waals surface area (Å²) in [5.74, 6) is -1.11. The topological polar surface area (TPSA) is 40.8 Å². The standard InChI is InChI=1S/C15H15F2N3/c1-20-10-12(6-15(20)8-18)9-19-3-2-11-4-13(16)7-14(17)5-11/h4-7,10,19H,2-3,9H2,1H3. The van der Waals surface area contributed by atoms with Crippen molar-refractivity contribution in [1.82, 2.24) is 9.88 Å². The highest BCUT2D eigenvalue weighted by molar-refractivity contribution is 5.28. The SMILES string of the molecule is Cn1cc(CNCCc2cc(F)cc(F)c2)cc1C#N. The summed E-state index contributed by atoms with van der Waals surface area (Å²) in [6.07, 6.45) is 2.43. The van der Waals surface area contributed by atoms with Crippen LogP contribution in [0.25, 0.3) is 0 Å². The maximum atomic E-state index is 13.0. The summed E-state index contributed by atoms with van der Waals surface area (Å²) >= 11 is 0. The molecule has 2 rings (SSSR count). The molecule has 1 heterocycles. The molecule has 5 heteroatoms. The van der Waals surface area contributed by atoms with Gasteiger partial charge in [-0.2, -0.15) is 5.26 Å². The highest BCUT2D eigenvalue weighted by atomic mass is 19.1. The molecule has 0 fully saturated rings. The third-order valence-corrected chi connectivity index (χ3v) is 3.02. The lowest BCUT2D eigenvalue weighted by Gasteiger charge is -2.04. The third-order valence-electron chi connectivity index (χ3n) is 3.02. The molecule has 0 aliphatic carbocycles. The van der Waals surface area contributed by atoms with Crippen LogP contribution >= 0.6 is 0 Å². The van der Waals surface area contributed by atoms with Gasteiger partial charge in [0, 0.05) is 25.9 Å². The van der Waals surface area contributed by atoms with Gasteiger partial charge >= 0.3 is 0 Å². The second kappa shape index (κ2) is 6.31. The van der Waals surface area contributed by atoms with E-state index in [-0.39, 0.29) is 0 Å². The molecule has 104 valence electrons. The van der Waals surface area contributed by atoms with Gasteiger partial charge in [-0.05, 0) is 42.3 Å². The molecule has 1 N–H and O–H groups in total. The van der Waals surface area contributed by atoms with Crippen LogP contribution in [0.15, 0.2) is 30.5 Å². The first-order valence-corrected chi connectivity index (χ1v) is 6.29. The Labute approximate surface area is 116 Å². The average Bonchev–Trinajstić information content (AvgIpc) is 2.74. The Balaban J connectivity index is 1.83. The number of nitriles is 1. The maximum absolute atomic E-state index is 13.0. The second-order valence-electron chi connectivity index (χ2n) is 4.66. The Hall–Kier alpha value is -2.19. The molecule has 0 aliphatic rings. The lowest BCUT2D eigenvalue weighted by atomic mass is 10.1. The Morgan fingerprint density at radius 3 is 2.45 bits per heavy atom. The molecule has 0 spiro atoms. The number of nitrogens with zero attached hydrogens (tertiary/aromatic N) is 2. The van der Waals surface area contributed by atoms with Crippen LogP contribution < -0.4 is 5.32 Å². The van der Waals surface area contributed by atoms with Crippen molar-refractivity contribution in [2.75, 3.05) is 6.54 Å². The molecule has 0 bridgehead atoms. The minimum absolute atomic E-state index is 0.548. The van der Waals surface area contributed by atoms with E-state index < -0.39 is 11.6 Å². The van der Waals surface area contributed by atoms with Gasteiger partial charge in [-0.25, -0.2) is 8.78 Å². The van der Waals surface area contributed by atoms with E-state index in [1.165, 1.54) is 12.1 Å². The largest absolute Gasteiger partial charge is 0.342 e. The summed E-state index contributed by atoms with van der Waals surface area (Å²) in [5.41, 5.74) is 2.24. The van der Waals surface area contributed by atoms with Crippen molar-refractivity contribution in [1.29, 1.82) is 5.26 Å². The van der Waals surface area contributed by atoms with Gasteiger partial charge in [0.15, 0.2) is 0 Å². The predicted octanol–water partition coefficient (Wildman–Crippen LogP) is 2.51. The summed E-state index contributed by atoms with van der Waals surface area (Å²) in [6.45, 7) is 1.23. The van der Waals surface area contributed by atoms with Gasteiger partial charge in [0.05, 0.1) is 0 Å². The Kier molecular flexibility index (Phi) is 4.49. The minimum Gasteiger partial charge on any atom is -0.342 e. The van der Waals surface area contributed by atoms with Crippen molar-refractivity contribution in [3.63, 3.8) is 0 Å². The van der Waals surface area contributed by atoms with Gasteiger partial charge in [0.25, 0.3) is 0 Å². The van der Waals surface area contributed by atoms with E-state index in [1.54, 1.807) is 4.57 Å². The van der Waals surface area contributed by atoms with Crippen molar-refractivity contribution in [3.05, 3.63) is 58.9 Å². The Morgan fingerprint density at radius 1 is 1.15 bits per heavy atom. The molecule has 0 atom stereocenters. The molecule has 3 nitrogen and oxygen atoms in total. The van der Waals surface area contributed by atoms with E-state index in [0.29, 0.717) is 30.8 Å². The van der Waals surface area contributed by atoms with E-state index >= 15 is 0 Å². The number of aryl methyl sites for hydroxylation is 1. The van der Waals surface area contributed by atoms with E-state index in [1.807, 2.05) is 19.3 Å². The number of hydrogen-bond donors (Lipinski definition) is 1. The van der Waals surface area contributed by atoms with Crippen LogP contribution in [0.3, 0.4) is 0 Å². The zero-order chi connectivity index (χ0) is 14.5. The number of hydrogen-bond acceptors (Lipinski definition) is 2. The zero-order valence-corrected chi connectivity index (χ0v) is 11.2. The van der Waals surface area contributed by atoms with Crippen LogP contribution in [0.2, 0.25) is 0 Å². The molecule has 20 heavy (non-hydrogen) atoms. The lowest BCUT2D eigenvalue weighted by molar-refractivity contribution is 0.577. The fraction of sp³-hybridized carbons (Fsp3) is 0.267. The lowest BCUT2D eigenvalue weighted by Crippen LogP contribution is -2.16. The van der Waals surface area contributed by atoms with Crippen LogP contribution in [-0.4, -0.2) is 11.1 Å². The number of benzene rings is 1. The van der Waals surface area contributed by atoms with Crippen LogP contribution in [-0.2, 0) is 20.0 Å². The van der Waals surface area contributed by atoms with Crippen LogP contribution in [0.4, 0.5) is 8.78 Å². The van der Waals surface area contributed by atoms with Crippen LogP contribution in [0.1, 0.15) is 16.8 Å². The first kappa shape index (κ1) is 14.2. The highest BCUT2D eigenvalue weighted by Crippen LogP contribution is 2.09. The van der Waals surface area contributed by atoms with Crippen molar-refractivity contribution in [2.45, 2.75) is 13.0 Å². The molecule has 1 aromatic carbocycles. The molecule has 0 amide bonds. The third kappa shape index (κ3) is 3.65. The molecular weight excluding hydrogens is 260 g/mol. The van der Waals surface area contributed by atoms with E-state index in [4.69, 9.17) is 5.26 Å². The fourth-order valence-electron chi connectivity index (χ4n) is 2.06. The highest BCUT2D eigenvalue weighted by Gasteiger charge is 2.03. The first-order chi connectivity index (χ1) is 9.58. The predicted molar refractivity (Wildman–Crippen MR) is 71.9 cm³/mol. The molecule has 0 saturated carbocycles. The van der Waals surface area contributed by atoms with Crippen molar-refractivity contribution in [2.24, 2.45) is 7.05 Å². The zero-order valence-electron chi connectivity index (χ0n) is 11.2. The molecule has 0 saturated heterocycles. The number of halogens is 2. The molecule has 2 aromatic rings. The minimum atomic E-state index is -0.554. The molecule has 1 aromatic heterocycles. The van der Waals surface area contributed by atoms with Crippen molar-refractivity contribution < 1.29 is 8.78 Å². The summed E-state index contributed by atoms with van der Waals surface area (Å²) in [4.78, 5) is 0. The second-order valence-corrected chi connectivity index (χ2v) is 4.66. The Morgan fingerprint density at radius 2 is 1.85 bits per heavy atom. The number of aromatic nitrogens is 1. The maximum Gasteiger partial charge on any atom is 0.126 e. The molecule has 0 aliphatic heterocycles. The number of nitrogens with one attached hydrogen (secondary N) is 1. The monoisotopic (exact) mass is 275 g/mol. The van der Waals surface area contributed by atoms with Crippen molar-refractivity contribution >= 4 is 0 Å². The van der Waals surface area contributed by atoms with Gasteiger partial charge in [-0.1, -0.05) is 0 Å². The van der Waals surface area contributed by atoms with Crippen molar-refractivity contribution in [3.8, 4) is 6.07 Å². The molecule has 0 radical (unpaired) electrons. The van der Waals surface area contributed by atoms with E-state index in [2.05, 4.69) is 11.4 Å². The fourth-order valence-corrected chi connectivity index (χ4v) is 2.06. The van der Waals surface area contributed by atoms with Gasteiger partial charge in [0.1, 0.15) is 23.4 Å². The number of rotatable bonds is 5. The van der Waals surface area contributed by atoms with Crippen LogP contribution in [0.5, 0.6) is 0 Å². The first-order valence-electron chi connectivity index (χ1n) is 6.29. The summed E-state index contributed by atoms with van der Waals surface area (Å²) < 4.78 is 27.8. The summed E-state index contributed by atoms with van der Waals surface area (Å²) in [5, 5.41) is 12.0.